The molecule has 27 heavy (non-hydrogen) atoms. The summed E-state index contributed by atoms with van der Waals surface area (Å²) in [5.74, 6) is 0.622. The zero-order chi connectivity index (χ0) is 19.9. The van der Waals surface area contributed by atoms with Gasteiger partial charge in [0.15, 0.2) is 0 Å². The van der Waals surface area contributed by atoms with E-state index in [1.165, 1.54) is 0 Å². The van der Waals surface area contributed by atoms with Gasteiger partial charge in [-0.25, -0.2) is 9.79 Å². The van der Waals surface area contributed by atoms with E-state index in [-0.39, 0.29) is 11.6 Å². The standard InChI is InChI=1S/C21H30N2O4/c1-19(2,3)27-18(24)23-11-9-21(25,10-12-23)16-8-6-7-15(13-16)17-22-20(4,5)14-26-17/h6-8,13,25H,9-12,14H2,1-5H3. The average molecular weight is 374 g/mol. The molecular weight excluding hydrogens is 344 g/mol. The van der Waals surface area contributed by atoms with Gasteiger partial charge in [0, 0.05) is 18.7 Å². The number of ether oxygens (including phenoxy) is 2. The SMILES string of the molecule is CC1(C)COC(c2cccc(C3(O)CCN(C(=O)OC(C)(C)C)CC3)c2)=N1. The molecule has 0 bridgehead atoms. The fourth-order valence-electron chi connectivity index (χ4n) is 3.35. The first kappa shape index (κ1) is 19.7. The lowest BCUT2D eigenvalue weighted by Crippen LogP contribution is -2.46. The maximum absolute atomic E-state index is 12.2. The van der Waals surface area contributed by atoms with E-state index in [4.69, 9.17) is 9.47 Å². The molecule has 0 saturated carbocycles. The number of rotatable bonds is 2. The Morgan fingerprint density at radius 1 is 1.26 bits per heavy atom. The second-order valence-electron chi connectivity index (χ2n) is 9.10. The Morgan fingerprint density at radius 3 is 2.48 bits per heavy atom. The smallest absolute Gasteiger partial charge is 0.410 e. The number of aliphatic hydroxyl groups is 1. The van der Waals surface area contributed by atoms with E-state index in [9.17, 15) is 9.90 Å². The molecule has 1 aromatic rings. The van der Waals surface area contributed by atoms with Gasteiger partial charge in [-0.3, -0.25) is 0 Å². The third kappa shape index (κ3) is 4.61. The van der Waals surface area contributed by atoms with Crippen LogP contribution in [0.4, 0.5) is 4.79 Å². The molecule has 3 rings (SSSR count). The maximum Gasteiger partial charge on any atom is 0.410 e. The summed E-state index contributed by atoms with van der Waals surface area (Å²) in [5, 5.41) is 11.2. The van der Waals surface area contributed by atoms with Crippen molar-refractivity contribution >= 4 is 12.0 Å². The Kier molecular flexibility index (Phi) is 4.97. The summed E-state index contributed by atoms with van der Waals surface area (Å²) in [6.45, 7) is 11.1. The molecule has 1 saturated heterocycles. The fraction of sp³-hybridized carbons (Fsp3) is 0.619. The predicted molar refractivity (Wildman–Crippen MR) is 104 cm³/mol. The number of aliphatic imine (C=N–C) groups is 1. The number of nitrogens with zero attached hydrogens (tertiary/aromatic N) is 2. The average Bonchev–Trinajstić information content (AvgIpc) is 2.94. The number of carbonyl (C=O) groups excluding carboxylic acids is 1. The maximum atomic E-state index is 12.2. The van der Waals surface area contributed by atoms with Crippen molar-refractivity contribution in [3.8, 4) is 0 Å². The minimum Gasteiger partial charge on any atom is -0.475 e. The summed E-state index contributed by atoms with van der Waals surface area (Å²) in [5.41, 5.74) is 0.00000336. The van der Waals surface area contributed by atoms with Crippen LogP contribution in [0.3, 0.4) is 0 Å². The van der Waals surface area contributed by atoms with Crippen LogP contribution < -0.4 is 0 Å². The predicted octanol–water partition coefficient (Wildman–Crippen LogP) is 3.46. The van der Waals surface area contributed by atoms with Crippen molar-refractivity contribution in [1.29, 1.82) is 0 Å². The third-order valence-electron chi connectivity index (χ3n) is 4.86. The Balaban J connectivity index is 1.71. The van der Waals surface area contributed by atoms with Gasteiger partial charge in [0.25, 0.3) is 0 Å². The van der Waals surface area contributed by atoms with Gasteiger partial charge in [-0.05, 0) is 65.2 Å². The molecule has 1 aromatic carbocycles. The minimum atomic E-state index is -0.969. The molecule has 0 atom stereocenters. The molecule has 1 fully saturated rings. The lowest BCUT2D eigenvalue weighted by Gasteiger charge is -2.39. The summed E-state index contributed by atoms with van der Waals surface area (Å²) in [6.07, 6.45) is 0.609. The second kappa shape index (κ2) is 6.82. The molecule has 1 amide bonds. The van der Waals surface area contributed by atoms with E-state index in [1.54, 1.807) is 4.90 Å². The highest BCUT2D eigenvalue weighted by molar-refractivity contribution is 5.95. The van der Waals surface area contributed by atoms with Gasteiger partial charge in [0.05, 0.1) is 11.1 Å². The van der Waals surface area contributed by atoms with Crippen molar-refractivity contribution in [3.05, 3.63) is 35.4 Å². The van der Waals surface area contributed by atoms with Crippen LogP contribution in [0.5, 0.6) is 0 Å². The molecule has 0 radical (unpaired) electrons. The molecule has 2 heterocycles. The van der Waals surface area contributed by atoms with Crippen LogP contribution in [0.25, 0.3) is 0 Å². The zero-order valence-electron chi connectivity index (χ0n) is 16.9. The number of hydrogen-bond acceptors (Lipinski definition) is 5. The normalized spacial score (nSPS) is 21.4. The number of amides is 1. The summed E-state index contributed by atoms with van der Waals surface area (Å²) in [6, 6.07) is 7.74. The van der Waals surface area contributed by atoms with Gasteiger partial charge in [0.2, 0.25) is 5.90 Å². The van der Waals surface area contributed by atoms with Crippen molar-refractivity contribution < 1.29 is 19.4 Å². The Hall–Kier alpha value is -2.08. The van der Waals surface area contributed by atoms with Crippen LogP contribution in [-0.4, -0.2) is 52.8 Å². The molecule has 1 N–H and O–H groups in total. The lowest BCUT2D eigenvalue weighted by atomic mass is 9.84. The molecule has 0 aliphatic carbocycles. The van der Waals surface area contributed by atoms with Crippen LogP contribution in [0.15, 0.2) is 29.3 Å². The van der Waals surface area contributed by atoms with Gasteiger partial charge in [-0.1, -0.05) is 12.1 Å². The van der Waals surface area contributed by atoms with Crippen LogP contribution >= 0.6 is 0 Å². The minimum absolute atomic E-state index is 0.221. The van der Waals surface area contributed by atoms with E-state index in [0.717, 1.165) is 11.1 Å². The first-order chi connectivity index (χ1) is 12.5. The molecule has 148 valence electrons. The molecule has 2 aliphatic heterocycles. The van der Waals surface area contributed by atoms with Crippen LogP contribution in [0.2, 0.25) is 0 Å². The number of likely N-dealkylation sites (tertiary alicyclic amines) is 1. The van der Waals surface area contributed by atoms with Gasteiger partial charge in [-0.2, -0.15) is 0 Å². The largest absolute Gasteiger partial charge is 0.475 e. The van der Waals surface area contributed by atoms with Crippen molar-refractivity contribution in [1.82, 2.24) is 4.90 Å². The quantitative estimate of drug-likeness (QED) is 0.860. The number of hydrogen-bond donors (Lipinski definition) is 1. The van der Waals surface area contributed by atoms with E-state index in [2.05, 4.69) is 4.99 Å². The van der Waals surface area contributed by atoms with Crippen molar-refractivity contribution in [3.63, 3.8) is 0 Å². The molecule has 0 unspecified atom stereocenters. The van der Waals surface area contributed by atoms with Crippen molar-refractivity contribution in [2.24, 2.45) is 4.99 Å². The van der Waals surface area contributed by atoms with Gasteiger partial charge in [0.1, 0.15) is 12.2 Å². The molecule has 6 nitrogen and oxygen atoms in total. The summed E-state index contributed by atoms with van der Waals surface area (Å²) in [7, 11) is 0. The van der Waals surface area contributed by atoms with E-state index < -0.39 is 11.2 Å². The van der Waals surface area contributed by atoms with Gasteiger partial charge >= 0.3 is 6.09 Å². The van der Waals surface area contributed by atoms with Gasteiger partial charge < -0.3 is 19.5 Å². The monoisotopic (exact) mass is 374 g/mol. The molecule has 2 aliphatic rings. The van der Waals surface area contributed by atoms with Crippen LogP contribution in [-0.2, 0) is 15.1 Å². The third-order valence-corrected chi connectivity index (χ3v) is 4.86. The topological polar surface area (TPSA) is 71.4 Å². The van der Waals surface area contributed by atoms with E-state index >= 15 is 0 Å². The first-order valence-corrected chi connectivity index (χ1v) is 9.51. The van der Waals surface area contributed by atoms with Crippen molar-refractivity contribution in [2.45, 2.75) is 64.2 Å². The zero-order valence-corrected chi connectivity index (χ0v) is 16.9. The van der Waals surface area contributed by atoms with Gasteiger partial charge in [-0.15, -0.1) is 0 Å². The van der Waals surface area contributed by atoms with E-state index in [1.807, 2.05) is 58.9 Å². The first-order valence-electron chi connectivity index (χ1n) is 9.51. The Morgan fingerprint density at radius 2 is 1.93 bits per heavy atom. The summed E-state index contributed by atoms with van der Waals surface area (Å²) < 4.78 is 11.2. The summed E-state index contributed by atoms with van der Waals surface area (Å²) in [4.78, 5) is 18.5. The Labute approximate surface area is 161 Å². The fourth-order valence-corrected chi connectivity index (χ4v) is 3.35. The number of carbonyl (C=O) groups is 1. The summed E-state index contributed by atoms with van der Waals surface area (Å²) >= 11 is 0. The highest BCUT2D eigenvalue weighted by Gasteiger charge is 2.37. The Bertz CT molecular complexity index is 741. The number of benzene rings is 1. The molecule has 6 heteroatoms. The molecule has 0 spiro atoms. The lowest BCUT2D eigenvalue weighted by molar-refractivity contribution is -0.0356. The highest BCUT2D eigenvalue weighted by atomic mass is 16.6. The number of piperidine rings is 1. The van der Waals surface area contributed by atoms with Crippen molar-refractivity contribution in [2.75, 3.05) is 19.7 Å². The van der Waals surface area contributed by atoms with Crippen LogP contribution in [0.1, 0.15) is 58.6 Å². The highest BCUT2D eigenvalue weighted by Crippen LogP contribution is 2.34. The van der Waals surface area contributed by atoms with E-state index in [0.29, 0.717) is 38.4 Å². The molecule has 0 aromatic heterocycles. The molecular formula is C21H30N2O4. The van der Waals surface area contributed by atoms with Crippen LogP contribution in [0, 0.1) is 0 Å². The second-order valence-corrected chi connectivity index (χ2v) is 9.10.